The lowest BCUT2D eigenvalue weighted by Gasteiger charge is -2.25. The number of carbonyl (C=O) groups excluding carboxylic acids is 1. The van der Waals surface area contributed by atoms with Crippen molar-refractivity contribution in [3.05, 3.63) is 42.5 Å². The highest BCUT2D eigenvalue weighted by molar-refractivity contribution is 7.89. The zero-order chi connectivity index (χ0) is 22.1. The molecule has 0 radical (unpaired) electrons. The molecule has 2 saturated heterocycles. The van der Waals surface area contributed by atoms with Crippen LogP contribution in [0.4, 0.5) is 11.4 Å². The Bertz CT molecular complexity index is 1100. The first-order valence-corrected chi connectivity index (χ1v) is 12.5. The summed E-state index contributed by atoms with van der Waals surface area (Å²) < 4.78 is 39.0. The topological polar surface area (TPSA) is 88.2 Å². The number of sulfonamides is 1. The van der Waals surface area contributed by atoms with E-state index in [1.165, 1.54) is 29.3 Å². The molecule has 3 aliphatic rings. The molecule has 2 aromatic carbocycles. The van der Waals surface area contributed by atoms with E-state index in [2.05, 4.69) is 10.2 Å². The number of hydrogen-bond donors (Lipinski definition) is 1. The lowest BCUT2D eigenvalue weighted by Crippen LogP contribution is -2.43. The van der Waals surface area contributed by atoms with Gasteiger partial charge in [0.25, 0.3) is 0 Å². The number of carbonyl (C=O) groups is 1. The fraction of sp³-hybridized carbons (Fsp3) is 0.435. The number of fused-ring (bicyclic) bond motifs is 1. The van der Waals surface area contributed by atoms with Crippen LogP contribution in [0.2, 0.25) is 0 Å². The monoisotopic (exact) mass is 457 g/mol. The van der Waals surface area contributed by atoms with Crippen LogP contribution >= 0.6 is 0 Å². The SMILES string of the molecule is O=C(Nc1ccc(N2CCCC2)cc1)C1CCCN1S(=O)(=O)c1ccc2c(c1)OCCO2. The van der Waals surface area contributed by atoms with E-state index in [1.54, 1.807) is 6.07 Å². The average Bonchev–Trinajstić information content (AvgIpc) is 3.52. The van der Waals surface area contributed by atoms with Gasteiger partial charge in [0.15, 0.2) is 11.5 Å². The van der Waals surface area contributed by atoms with Gasteiger partial charge in [0.2, 0.25) is 15.9 Å². The summed E-state index contributed by atoms with van der Waals surface area (Å²) in [5.41, 5.74) is 1.81. The number of nitrogens with one attached hydrogen (secondary N) is 1. The second kappa shape index (κ2) is 8.63. The second-order valence-electron chi connectivity index (χ2n) is 8.31. The molecule has 0 bridgehead atoms. The van der Waals surface area contributed by atoms with Crippen molar-refractivity contribution in [3.8, 4) is 11.5 Å². The number of ether oxygens (including phenoxy) is 2. The molecular formula is C23H27N3O5S. The molecule has 1 amide bonds. The summed E-state index contributed by atoms with van der Waals surface area (Å²) in [6.07, 6.45) is 3.53. The Kier molecular flexibility index (Phi) is 5.69. The van der Waals surface area contributed by atoms with Crippen molar-refractivity contribution in [3.63, 3.8) is 0 Å². The van der Waals surface area contributed by atoms with Gasteiger partial charge in [-0.2, -0.15) is 4.31 Å². The molecule has 0 aromatic heterocycles. The maximum absolute atomic E-state index is 13.3. The van der Waals surface area contributed by atoms with E-state index in [0.717, 1.165) is 18.8 Å². The smallest absolute Gasteiger partial charge is 0.243 e. The summed E-state index contributed by atoms with van der Waals surface area (Å²) >= 11 is 0. The molecule has 8 nitrogen and oxygen atoms in total. The van der Waals surface area contributed by atoms with Crippen LogP contribution in [-0.4, -0.2) is 57.5 Å². The molecule has 1 N–H and O–H groups in total. The largest absolute Gasteiger partial charge is 0.486 e. The average molecular weight is 458 g/mol. The first kappa shape index (κ1) is 21.1. The highest BCUT2D eigenvalue weighted by Crippen LogP contribution is 2.35. The minimum absolute atomic E-state index is 0.108. The number of hydrogen-bond acceptors (Lipinski definition) is 6. The van der Waals surface area contributed by atoms with Crippen molar-refractivity contribution >= 4 is 27.3 Å². The van der Waals surface area contributed by atoms with E-state index in [0.29, 0.717) is 49.8 Å². The van der Waals surface area contributed by atoms with Crippen LogP contribution in [0, 0.1) is 0 Å². The van der Waals surface area contributed by atoms with Gasteiger partial charge in [-0.1, -0.05) is 0 Å². The van der Waals surface area contributed by atoms with Crippen LogP contribution in [0.5, 0.6) is 11.5 Å². The molecule has 5 rings (SSSR count). The van der Waals surface area contributed by atoms with Crippen LogP contribution in [0.1, 0.15) is 25.7 Å². The first-order valence-electron chi connectivity index (χ1n) is 11.1. The van der Waals surface area contributed by atoms with E-state index in [9.17, 15) is 13.2 Å². The van der Waals surface area contributed by atoms with E-state index in [4.69, 9.17) is 9.47 Å². The van der Waals surface area contributed by atoms with E-state index >= 15 is 0 Å². The fourth-order valence-electron chi connectivity index (χ4n) is 4.57. The van der Waals surface area contributed by atoms with Crippen LogP contribution in [0.25, 0.3) is 0 Å². The van der Waals surface area contributed by atoms with Crippen molar-refractivity contribution < 1.29 is 22.7 Å². The number of amides is 1. The highest BCUT2D eigenvalue weighted by Gasteiger charge is 2.40. The van der Waals surface area contributed by atoms with Gasteiger partial charge < -0.3 is 19.7 Å². The molecule has 0 spiro atoms. The van der Waals surface area contributed by atoms with Crippen LogP contribution in [0.15, 0.2) is 47.4 Å². The van der Waals surface area contributed by atoms with Gasteiger partial charge in [-0.3, -0.25) is 4.79 Å². The third-order valence-corrected chi connectivity index (χ3v) is 8.14. The van der Waals surface area contributed by atoms with Crippen LogP contribution in [0.3, 0.4) is 0 Å². The van der Waals surface area contributed by atoms with Gasteiger partial charge in [0.05, 0.1) is 4.90 Å². The summed E-state index contributed by atoms with van der Waals surface area (Å²) in [4.78, 5) is 15.4. The summed E-state index contributed by atoms with van der Waals surface area (Å²) in [5, 5.41) is 2.90. The normalized spacial score (nSPS) is 21.0. The fourth-order valence-corrected chi connectivity index (χ4v) is 6.24. The quantitative estimate of drug-likeness (QED) is 0.743. The van der Waals surface area contributed by atoms with E-state index in [-0.39, 0.29) is 10.8 Å². The van der Waals surface area contributed by atoms with Gasteiger partial charge in [-0.15, -0.1) is 0 Å². The molecular weight excluding hydrogens is 430 g/mol. The minimum Gasteiger partial charge on any atom is -0.486 e. The summed E-state index contributed by atoms with van der Waals surface area (Å²) in [7, 11) is -3.85. The molecule has 1 unspecified atom stereocenters. The summed E-state index contributed by atoms with van der Waals surface area (Å²) in [6.45, 7) is 3.23. The Morgan fingerprint density at radius 2 is 1.62 bits per heavy atom. The number of anilines is 2. The molecule has 3 heterocycles. The maximum Gasteiger partial charge on any atom is 0.243 e. The highest BCUT2D eigenvalue weighted by atomic mass is 32.2. The molecule has 3 aliphatic heterocycles. The number of benzene rings is 2. The third kappa shape index (κ3) is 4.02. The van der Waals surface area contributed by atoms with Gasteiger partial charge in [-0.25, -0.2) is 8.42 Å². The standard InChI is InChI=1S/C23H27N3O5S/c27-23(24-17-5-7-18(8-6-17)25-11-1-2-12-25)20-4-3-13-26(20)32(28,29)19-9-10-21-22(16-19)31-15-14-30-21/h5-10,16,20H,1-4,11-15H2,(H,24,27). The second-order valence-corrected chi connectivity index (χ2v) is 10.2. The zero-order valence-corrected chi connectivity index (χ0v) is 18.6. The van der Waals surface area contributed by atoms with Crippen molar-refractivity contribution in [2.24, 2.45) is 0 Å². The van der Waals surface area contributed by atoms with Crippen molar-refractivity contribution in [1.82, 2.24) is 4.31 Å². The first-order chi connectivity index (χ1) is 15.5. The predicted molar refractivity (Wildman–Crippen MR) is 121 cm³/mol. The van der Waals surface area contributed by atoms with Gasteiger partial charge in [0.1, 0.15) is 19.3 Å². The lowest BCUT2D eigenvalue weighted by atomic mass is 10.2. The maximum atomic E-state index is 13.3. The van der Waals surface area contributed by atoms with Crippen LogP contribution in [-0.2, 0) is 14.8 Å². The number of nitrogens with zero attached hydrogens (tertiary/aromatic N) is 2. The molecule has 9 heteroatoms. The summed E-state index contributed by atoms with van der Waals surface area (Å²) in [6, 6.07) is 11.6. The third-order valence-electron chi connectivity index (χ3n) is 6.23. The number of rotatable bonds is 5. The minimum atomic E-state index is -3.85. The molecule has 2 aromatic rings. The molecule has 0 aliphatic carbocycles. The van der Waals surface area contributed by atoms with Crippen molar-refractivity contribution in [2.45, 2.75) is 36.6 Å². The van der Waals surface area contributed by atoms with Gasteiger partial charge in [-0.05, 0) is 62.1 Å². The molecule has 1 atom stereocenters. The summed E-state index contributed by atoms with van der Waals surface area (Å²) in [5.74, 6) is 0.636. The van der Waals surface area contributed by atoms with E-state index in [1.807, 2.05) is 24.3 Å². The Balaban J connectivity index is 1.31. The zero-order valence-electron chi connectivity index (χ0n) is 17.8. The lowest BCUT2D eigenvalue weighted by molar-refractivity contribution is -0.119. The molecule has 0 saturated carbocycles. The Morgan fingerprint density at radius 3 is 2.38 bits per heavy atom. The van der Waals surface area contributed by atoms with E-state index < -0.39 is 16.1 Å². The Hall–Kier alpha value is -2.78. The molecule has 170 valence electrons. The van der Waals surface area contributed by atoms with Gasteiger partial charge >= 0.3 is 0 Å². The van der Waals surface area contributed by atoms with Crippen molar-refractivity contribution in [1.29, 1.82) is 0 Å². The van der Waals surface area contributed by atoms with Crippen LogP contribution < -0.4 is 19.7 Å². The Morgan fingerprint density at radius 1 is 0.906 bits per heavy atom. The molecule has 32 heavy (non-hydrogen) atoms. The van der Waals surface area contributed by atoms with Gasteiger partial charge in [0, 0.05) is 37.1 Å². The predicted octanol–water partition coefficient (Wildman–Crippen LogP) is 2.85. The molecule has 2 fully saturated rings. The Labute approximate surface area is 188 Å². The van der Waals surface area contributed by atoms with Crippen molar-refractivity contribution in [2.75, 3.05) is 43.1 Å².